The Bertz CT molecular complexity index is 1600. The number of carbonyl (C=O) groups is 2. The Kier molecular flexibility index (Phi) is 10.4. The van der Waals surface area contributed by atoms with E-state index in [0.717, 1.165) is 18.4 Å². The van der Waals surface area contributed by atoms with Crippen LogP contribution in [0.15, 0.2) is 71.6 Å². The predicted octanol–water partition coefficient (Wildman–Crippen LogP) is 2.71. The zero-order valence-electron chi connectivity index (χ0n) is 25.3. The molecule has 0 saturated heterocycles. The van der Waals surface area contributed by atoms with Gasteiger partial charge in [-0.15, -0.1) is 0 Å². The van der Waals surface area contributed by atoms with Crippen LogP contribution < -0.4 is 15.5 Å². The zero-order chi connectivity index (χ0) is 32.1. The molecule has 11 heteroatoms. The lowest BCUT2D eigenvalue weighted by Gasteiger charge is -2.39. The second-order valence-electron chi connectivity index (χ2n) is 11.6. The van der Waals surface area contributed by atoms with Gasteiger partial charge in [0.15, 0.2) is 16.4 Å². The van der Waals surface area contributed by atoms with E-state index in [-0.39, 0.29) is 28.6 Å². The minimum absolute atomic E-state index is 0.0567. The summed E-state index contributed by atoms with van der Waals surface area (Å²) in [6.45, 7) is 3.41. The van der Waals surface area contributed by atoms with Gasteiger partial charge in [-0.25, -0.2) is 13.2 Å². The molecule has 3 aromatic carbocycles. The summed E-state index contributed by atoms with van der Waals surface area (Å²) in [5.74, 6) is -2.71. The van der Waals surface area contributed by atoms with Crippen LogP contribution in [0.3, 0.4) is 0 Å². The highest BCUT2D eigenvalue weighted by Gasteiger charge is 2.49. The number of phenolic OH excluding ortho intramolecular Hbond substituents is 1. The quantitative estimate of drug-likeness (QED) is 0.226. The van der Waals surface area contributed by atoms with Crippen molar-refractivity contribution in [1.29, 1.82) is 0 Å². The van der Waals surface area contributed by atoms with E-state index in [9.17, 15) is 33.3 Å². The summed E-state index contributed by atoms with van der Waals surface area (Å²) in [6.07, 6.45) is 1.61. The van der Waals surface area contributed by atoms with Crippen molar-refractivity contribution >= 4 is 35.0 Å². The number of nitrogens with one attached hydrogen (secondary N) is 1. The average molecular weight is 622 g/mol. The van der Waals surface area contributed by atoms with Crippen LogP contribution in [0.4, 0.5) is 0 Å². The number of ether oxygens (including phenoxy) is 1. The molecule has 4 N–H and O–H groups in total. The first-order valence-corrected chi connectivity index (χ1v) is 16.6. The molecule has 3 aromatic rings. The van der Waals surface area contributed by atoms with Gasteiger partial charge in [-0.05, 0) is 47.1 Å². The molecule has 4 rings (SSSR count). The van der Waals surface area contributed by atoms with Crippen molar-refractivity contribution in [3.05, 3.63) is 83.4 Å². The van der Waals surface area contributed by atoms with Gasteiger partial charge in [0.2, 0.25) is 0 Å². The molecule has 0 spiro atoms. The van der Waals surface area contributed by atoms with Gasteiger partial charge in [0.1, 0.15) is 25.4 Å². The van der Waals surface area contributed by atoms with E-state index in [0.29, 0.717) is 29.4 Å². The number of phenols is 1. The summed E-state index contributed by atoms with van der Waals surface area (Å²) in [6, 6.07) is 17.5. The average Bonchev–Trinajstić information content (AvgIpc) is 3.06. The lowest BCUT2D eigenvalue weighted by atomic mass is 9.68. The zero-order valence-corrected chi connectivity index (χ0v) is 26.1. The topological polar surface area (TPSA) is 150 Å². The Morgan fingerprint density at radius 3 is 2.41 bits per heavy atom. The van der Waals surface area contributed by atoms with Crippen molar-refractivity contribution in [1.82, 2.24) is 5.32 Å². The molecule has 44 heavy (non-hydrogen) atoms. The lowest BCUT2D eigenvalue weighted by molar-refractivity contribution is -0.142. The number of aliphatic hydroxyl groups excluding tert-OH is 1. The second-order valence-corrected chi connectivity index (χ2v) is 13.6. The van der Waals surface area contributed by atoms with Crippen LogP contribution >= 0.6 is 0 Å². The summed E-state index contributed by atoms with van der Waals surface area (Å²) >= 11 is 0. The molecule has 1 amide bonds. The van der Waals surface area contributed by atoms with Crippen LogP contribution in [-0.4, -0.2) is 68.0 Å². The highest BCUT2D eigenvalue weighted by Crippen LogP contribution is 2.49. The smallest absolute Gasteiger partial charge is 0.326 e. The molecule has 1 heterocycles. The maximum absolute atomic E-state index is 14.0. The first-order chi connectivity index (χ1) is 20.9. The first kappa shape index (κ1) is 33.1. The molecular weight excluding hydrogens is 581 g/mol. The number of sulfone groups is 1. The minimum atomic E-state index is -3.89. The predicted molar refractivity (Wildman–Crippen MR) is 170 cm³/mol. The molecule has 0 saturated carbocycles. The summed E-state index contributed by atoms with van der Waals surface area (Å²) in [5.41, 5.74) is 1.37. The molecule has 1 aliphatic rings. The number of carboxylic acid groups (broad SMARTS) is 1. The second kappa shape index (κ2) is 13.9. The van der Waals surface area contributed by atoms with Crippen molar-refractivity contribution in [2.45, 2.75) is 68.9 Å². The molecule has 9 nitrogen and oxygen atoms in total. The number of para-hydroxylation sites is 1. The number of unbranched alkanes of at least 4 members (excludes halogenated alkanes) is 1. The standard InChI is InChI=1S/C33H40BNO8S/c1-3-5-15-33(4-2)20-44(41,42)28-18-27(24(34)17-23(28)30(31(33)38)21-11-7-6-8-12-21)43-19-29(37)35-25(32(39)40)16-22-13-9-10-14-26(22)36/h6-14,17-18,25,30-31,36,38H,3-5,15-16,19-20,34H2,1-2H3,(H,35,37)(H,39,40)/t25-,30-,31-,33-/m1/s1. The van der Waals surface area contributed by atoms with Gasteiger partial charge in [0.05, 0.1) is 16.8 Å². The number of rotatable bonds is 12. The monoisotopic (exact) mass is 621 g/mol. The normalized spacial score (nSPS) is 21.4. The Hall–Kier alpha value is -3.83. The Labute approximate surface area is 259 Å². The van der Waals surface area contributed by atoms with Gasteiger partial charge in [-0.2, -0.15) is 0 Å². The third-order valence-electron chi connectivity index (χ3n) is 8.70. The van der Waals surface area contributed by atoms with E-state index in [1.54, 1.807) is 32.1 Å². The number of hydrogen-bond acceptors (Lipinski definition) is 7. The number of benzene rings is 3. The molecule has 0 bridgehead atoms. The molecule has 0 radical (unpaired) electrons. The third-order valence-corrected chi connectivity index (χ3v) is 10.7. The van der Waals surface area contributed by atoms with Gasteiger partial charge in [0, 0.05) is 17.8 Å². The van der Waals surface area contributed by atoms with Gasteiger partial charge in [0.25, 0.3) is 5.91 Å². The van der Waals surface area contributed by atoms with Crippen molar-refractivity contribution in [3.8, 4) is 11.5 Å². The lowest BCUT2D eigenvalue weighted by Crippen LogP contribution is -2.44. The van der Waals surface area contributed by atoms with Crippen LogP contribution in [0.5, 0.6) is 11.5 Å². The summed E-state index contributed by atoms with van der Waals surface area (Å²) in [4.78, 5) is 24.7. The molecule has 234 valence electrons. The van der Waals surface area contributed by atoms with Crippen LogP contribution in [0.1, 0.15) is 62.1 Å². The summed E-state index contributed by atoms with van der Waals surface area (Å²) in [7, 11) is -2.15. The number of aromatic hydroxyl groups is 1. The molecule has 0 unspecified atom stereocenters. The van der Waals surface area contributed by atoms with E-state index in [4.69, 9.17) is 4.74 Å². The van der Waals surface area contributed by atoms with Crippen molar-refractivity contribution in [2.24, 2.45) is 5.41 Å². The highest BCUT2D eigenvalue weighted by molar-refractivity contribution is 7.91. The van der Waals surface area contributed by atoms with E-state index in [2.05, 4.69) is 5.32 Å². The maximum atomic E-state index is 14.0. The minimum Gasteiger partial charge on any atom is -0.508 e. The Balaban J connectivity index is 1.65. The van der Waals surface area contributed by atoms with Gasteiger partial charge in [-0.3, -0.25) is 4.79 Å². The largest absolute Gasteiger partial charge is 0.508 e. The van der Waals surface area contributed by atoms with Gasteiger partial charge in [-0.1, -0.05) is 81.3 Å². The summed E-state index contributed by atoms with van der Waals surface area (Å²) < 4.78 is 33.9. The van der Waals surface area contributed by atoms with Crippen molar-refractivity contribution in [2.75, 3.05) is 12.4 Å². The molecular formula is C33H40BNO8S. The van der Waals surface area contributed by atoms with Crippen LogP contribution in [0, 0.1) is 5.41 Å². The number of aliphatic carboxylic acids is 1. The fraction of sp³-hybridized carbons (Fsp3) is 0.394. The molecule has 0 aliphatic carbocycles. The SMILES string of the molecule is Bc1cc2c(cc1OCC(=O)N[C@H](Cc1ccccc1O)C(=O)O)S(=O)(=O)C[C@@](CC)(CCCC)[C@H](O)[C@@H]2c1ccccc1. The number of carboxylic acids is 1. The van der Waals surface area contributed by atoms with Gasteiger partial charge >= 0.3 is 5.97 Å². The highest BCUT2D eigenvalue weighted by atomic mass is 32.2. The van der Waals surface area contributed by atoms with Crippen LogP contribution in [0.25, 0.3) is 0 Å². The number of aliphatic hydroxyl groups is 1. The first-order valence-electron chi connectivity index (χ1n) is 14.9. The number of hydrogen-bond donors (Lipinski definition) is 4. The maximum Gasteiger partial charge on any atom is 0.326 e. The number of fused-ring (bicyclic) bond motifs is 1. The van der Waals surface area contributed by atoms with Crippen molar-refractivity contribution in [3.63, 3.8) is 0 Å². The number of carbonyl (C=O) groups excluding carboxylic acids is 1. The van der Waals surface area contributed by atoms with E-state index in [1.165, 1.54) is 12.1 Å². The Morgan fingerprint density at radius 1 is 1.09 bits per heavy atom. The van der Waals surface area contributed by atoms with Crippen LogP contribution in [0.2, 0.25) is 0 Å². The fourth-order valence-electron chi connectivity index (χ4n) is 6.17. The number of amides is 1. The van der Waals surface area contributed by atoms with E-state index >= 15 is 0 Å². The van der Waals surface area contributed by atoms with E-state index in [1.807, 2.05) is 44.2 Å². The Morgan fingerprint density at radius 2 is 1.77 bits per heavy atom. The van der Waals surface area contributed by atoms with Gasteiger partial charge < -0.3 is 25.4 Å². The van der Waals surface area contributed by atoms with E-state index < -0.39 is 51.8 Å². The molecule has 0 aromatic heterocycles. The fourth-order valence-corrected chi connectivity index (χ4v) is 8.43. The van der Waals surface area contributed by atoms with Crippen LogP contribution in [-0.2, 0) is 25.8 Å². The van der Waals surface area contributed by atoms with Crippen molar-refractivity contribution < 1.29 is 38.1 Å². The summed E-state index contributed by atoms with van der Waals surface area (Å²) in [5, 5.41) is 34.1. The molecule has 1 aliphatic heterocycles. The molecule has 4 atom stereocenters. The molecule has 0 fully saturated rings. The third kappa shape index (κ3) is 7.10.